The third-order valence-electron chi connectivity index (χ3n) is 3.89. The van der Waals surface area contributed by atoms with Crippen LogP contribution < -0.4 is 0 Å². The van der Waals surface area contributed by atoms with Gasteiger partial charge in [-0.3, -0.25) is 14.6 Å². The molecule has 6 nitrogen and oxygen atoms in total. The number of aliphatic carboxylic acids is 1. The second-order valence-electron chi connectivity index (χ2n) is 5.16. The van der Waals surface area contributed by atoms with Gasteiger partial charge in [-0.05, 0) is 6.42 Å². The molecular weight excluding hydrogens is 248 g/mol. The van der Waals surface area contributed by atoms with Gasteiger partial charge in [0.1, 0.15) is 6.04 Å². The molecular formula is C13H24N2O4. The fourth-order valence-corrected chi connectivity index (χ4v) is 2.65. The lowest BCUT2D eigenvalue weighted by Crippen LogP contribution is -2.55. The number of carboxylic acid groups (broad SMARTS) is 1. The number of nitrogens with zero attached hydrogens (tertiary/aromatic N) is 2. The molecule has 2 fully saturated rings. The molecule has 1 unspecified atom stereocenters. The maximum absolute atomic E-state index is 11.5. The quantitative estimate of drug-likeness (QED) is 0.753. The number of morpholine rings is 2. The number of carbonyl (C=O) groups is 1. The van der Waals surface area contributed by atoms with Gasteiger partial charge in [0.2, 0.25) is 0 Å². The van der Waals surface area contributed by atoms with Crippen molar-refractivity contribution in [1.82, 2.24) is 9.80 Å². The number of hydrogen-bond donors (Lipinski definition) is 1. The largest absolute Gasteiger partial charge is 0.480 e. The molecule has 2 rings (SSSR count). The highest BCUT2D eigenvalue weighted by Crippen LogP contribution is 2.13. The summed E-state index contributed by atoms with van der Waals surface area (Å²) in [5.74, 6) is -0.733. The highest BCUT2D eigenvalue weighted by molar-refractivity contribution is 5.73. The molecule has 0 aromatic heterocycles. The van der Waals surface area contributed by atoms with Crippen LogP contribution in [0.5, 0.6) is 0 Å². The monoisotopic (exact) mass is 272 g/mol. The molecule has 0 aromatic rings. The normalized spacial score (nSPS) is 28.2. The minimum Gasteiger partial charge on any atom is -0.480 e. The molecule has 0 radical (unpaired) electrons. The Labute approximate surface area is 114 Å². The van der Waals surface area contributed by atoms with Crippen molar-refractivity contribution in [2.24, 2.45) is 0 Å². The van der Waals surface area contributed by atoms with Gasteiger partial charge in [0.15, 0.2) is 0 Å². The average molecular weight is 272 g/mol. The van der Waals surface area contributed by atoms with Crippen LogP contribution in [0.25, 0.3) is 0 Å². The van der Waals surface area contributed by atoms with E-state index in [1.165, 1.54) is 0 Å². The summed E-state index contributed by atoms with van der Waals surface area (Å²) in [5, 5.41) is 9.47. The van der Waals surface area contributed by atoms with E-state index in [0.717, 1.165) is 26.1 Å². The molecule has 0 spiro atoms. The average Bonchev–Trinajstić information content (AvgIpc) is 2.45. The first kappa shape index (κ1) is 14.7. The first-order chi connectivity index (χ1) is 9.20. The van der Waals surface area contributed by atoms with Crippen LogP contribution in [0.2, 0.25) is 0 Å². The van der Waals surface area contributed by atoms with Gasteiger partial charge < -0.3 is 14.6 Å². The van der Waals surface area contributed by atoms with Gasteiger partial charge in [-0.1, -0.05) is 6.92 Å². The van der Waals surface area contributed by atoms with Crippen LogP contribution >= 0.6 is 0 Å². The van der Waals surface area contributed by atoms with Crippen LogP contribution in [-0.4, -0.2) is 85.6 Å². The lowest BCUT2D eigenvalue weighted by atomic mass is 10.1. The van der Waals surface area contributed by atoms with Gasteiger partial charge >= 0.3 is 5.97 Å². The lowest BCUT2D eigenvalue weighted by molar-refractivity contribution is -0.148. The predicted octanol–water partition coefficient (Wildman–Crippen LogP) is -0.117. The minimum absolute atomic E-state index is 0.167. The maximum Gasteiger partial charge on any atom is 0.322 e. The molecule has 2 atom stereocenters. The van der Waals surface area contributed by atoms with Crippen molar-refractivity contribution in [3.8, 4) is 0 Å². The van der Waals surface area contributed by atoms with Crippen LogP contribution in [-0.2, 0) is 14.3 Å². The second-order valence-corrected chi connectivity index (χ2v) is 5.16. The van der Waals surface area contributed by atoms with E-state index in [2.05, 4.69) is 16.7 Å². The summed E-state index contributed by atoms with van der Waals surface area (Å²) in [6.45, 7) is 7.76. The van der Waals surface area contributed by atoms with E-state index in [9.17, 15) is 9.90 Å². The van der Waals surface area contributed by atoms with E-state index < -0.39 is 12.0 Å². The Morgan fingerprint density at radius 1 is 1.32 bits per heavy atom. The Morgan fingerprint density at radius 2 is 2.05 bits per heavy atom. The number of carboxylic acids is 1. The van der Waals surface area contributed by atoms with Crippen molar-refractivity contribution in [2.75, 3.05) is 52.5 Å². The van der Waals surface area contributed by atoms with Crippen LogP contribution in [0.3, 0.4) is 0 Å². The molecule has 0 saturated carbocycles. The molecule has 0 aromatic carbocycles. The van der Waals surface area contributed by atoms with Crippen molar-refractivity contribution in [1.29, 1.82) is 0 Å². The molecule has 6 heteroatoms. The van der Waals surface area contributed by atoms with Crippen molar-refractivity contribution in [2.45, 2.75) is 25.5 Å². The van der Waals surface area contributed by atoms with Crippen LogP contribution in [0.1, 0.15) is 13.3 Å². The summed E-state index contributed by atoms with van der Waals surface area (Å²) in [6, 6.07) is -0.434. The summed E-state index contributed by atoms with van der Waals surface area (Å²) >= 11 is 0. The third-order valence-corrected chi connectivity index (χ3v) is 3.89. The summed E-state index contributed by atoms with van der Waals surface area (Å²) in [5.41, 5.74) is 0. The second kappa shape index (κ2) is 7.19. The van der Waals surface area contributed by atoms with E-state index in [1.54, 1.807) is 0 Å². The van der Waals surface area contributed by atoms with E-state index in [-0.39, 0.29) is 6.10 Å². The molecule has 110 valence electrons. The smallest absolute Gasteiger partial charge is 0.322 e. The topological polar surface area (TPSA) is 62.2 Å². The van der Waals surface area contributed by atoms with E-state index in [4.69, 9.17) is 9.47 Å². The zero-order chi connectivity index (χ0) is 13.7. The predicted molar refractivity (Wildman–Crippen MR) is 70.3 cm³/mol. The van der Waals surface area contributed by atoms with Crippen LogP contribution in [0.15, 0.2) is 0 Å². The van der Waals surface area contributed by atoms with Gasteiger partial charge in [-0.2, -0.15) is 0 Å². The third kappa shape index (κ3) is 4.14. The highest BCUT2D eigenvalue weighted by Gasteiger charge is 2.32. The lowest BCUT2D eigenvalue weighted by Gasteiger charge is -2.38. The number of hydrogen-bond acceptors (Lipinski definition) is 5. The molecule has 2 aliphatic heterocycles. The zero-order valence-electron chi connectivity index (χ0n) is 11.6. The molecule has 0 bridgehead atoms. The van der Waals surface area contributed by atoms with Crippen LogP contribution in [0.4, 0.5) is 0 Å². The van der Waals surface area contributed by atoms with Crippen molar-refractivity contribution in [3.63, 3.8) is 0 Å². The summed E-state index contributed by atoms with van der Waals surface area (Å²) in [7, 11) is 0. The molecule has 0 aliphatic carbocycles. The van der Waals surface area contributed by atoms with Gasteiger partial charge in [0, 0.05) is 32.7 Å². The first-order valence-corrected chi connectivity index (χ1v) is 7.09. The molecule has 19 heavy (non-hydrogen) atoms. The highest BCUT2D eigenvalue weighted by atomic mass is 16.5. The van der Waals surface area contributed by atoms with E-state index >= 15 is 0 Å². The Morgan fingerprint density at radius 3 is 2.68 bits per heavy atom. The van der Waals surface area contributed by atoms with Crippen LogP contribution in [0, 0.1) is 0 Å². The fourth-order valence-electron chi connectivity index (χ4n) is 2.65. The van der Waals surface area contributed by atoms with Crippen molar-refractivity contribution >= 4 is 5.97 Å². The van der Waals surface area contributed by atoms with Gasteiger partial charge in [-0.15, -0.1) is 0 Å². The first-order valence-electron chi connectivity index (χ1n) is 7.09. The fraction of sp³-hybridized carbons (Fsp3) is 0.923. The molecule has 2 heterocycles. The van der Waals surface area contributed by atoms with Crippen molar-refractivity contribution in [3.05, 3.63) is 0 Å². The van der Waals surface area contributed by atoms with Gasteiger partial charge in [-0.25, -0.2) is 0 Å². The Balaban J connectivity index is 1.92. The Bertz CT molecular complexity index is 294. The van der Waals surface area contributed by atoms with E-state index in [1.807, 2.05) is 0 Å². The van der Waals surface area contributed by atoms with E-state index in [0.29, 0.717) is 32.9 Å². The SMILES string of the molecule is CC[C@@H]1CN(C(CN2CCOCC2)C(=O)O)CCO1. The maximum atomic E-state index is 11.5. The standard InChI is InChI=1S/C13H24N2O4/c1-2-11-9-15(5-8-19-11)12(13(16)17)10-14-3-6-18-7-4-14/h11-12H,2-10H2,1H3,(H,16,17)/t11-,12?/m1/s1. The minimum atomic E-state index is -0.733. The molecule has 0 amide bonds. The van der Waals surface area contributed by atoms with Crippen molar-refractivity contribution < 1.29 is 19.4 Å². The number of rotatable bonds is 5. The zero-order valence-corrected chi connectivity index (χ0v) is 11.6. The summed E-state index contributed by atoms with van der Waals surface area (Å²) in [4.78, 5) is 15.8. The number of ether oxygens (including phenoxy) is 2. The summed E-state index contributed by atoms with van der Waals surface area (Å²) < 4.78 is 10.9. The molecule has 2 saturated heterocycles. The Hall–Kier alpha value is -0.690. The molecule has 1 N–H and O–H groups in total. The van der Waals surface area contributed by atoms with Gasteiger partial charge in [0.05, 0.1) is 25.9 Å². The Kier molecular flexibility index (Phi) is 5.57. The van der Waals surface area contributed by atoms with Gasteiger partial charge in [0.25, 0.3) is 0 Å². The molecule has 2 aliphatic rings. The summed E-state index contributed by atoms with van der Waals surface area (Å²) in [6.07, 6.45) is 1.10.